The second kappa shape index (κ2) is 8.62. The lowest BCUT2D eigenvalue weighted by Crippen LogP contribution is -2.39. The summed E-state index contributed by atoms with van der Waals surface area (Å²) in [6.45, 7) is 1.13. The highest BCUT2D eigenvalue weighted by Crippen LogP contribution is 2.31. The van der Waals surface area contributed by atoms with Crippen LogP contribution in [0, 0.1) is 21.7 Å². The van der Waals surface area contributed by atoms with E-state index in [1.807, 2.05) is 0 Å². The first-order valence-electron chi connectivity index (χ1n) is 8.00. The fourth-order valence-electron chi connectivity index (χ4n) is 2.61. The predicted octanol–water partition coefficient (Wildman–Crippen LogP) is 4.26. The van der Waals surface area contributed by atoms with Gasteiger partial charge in [0.05, 0.1) is 10.6 Å². The van der Waals surface area contributed by atoms with Crippen LogP contribution in [0.3, 0.4) is 0 Å². The van der Waals surface area contributed by atoms with Gasteiger partial charge in [-0.05, 0) is 49.7 Å². The van der Waals surface area contributed by atoms with E-state index in [1.54, 1.807) is 0 Å². The number of hydrogen-bond donors (Lipinski definition) is 0. The number of anilines is 1. The highest BCUT2D eigenvalue weighted by molar-refractivity contribution is 7.92. The van der Waals surface area contributed by atoms with E-state index in [0.29, 0.717) is 5.02 Å². The number of hydrogen-bond acceptors (Lipinski definition) is 4. The Kier molecular flexibility index (Phi) is 6.72. The molecule has 0 heterocycles. The smallest absolute Gasteiger partial charge is 0.264 e. The molecule has 10 heteroatoms. The third-order valence-electron chi connectivity index (χ3n) is 3.88. The van der Waals surface area contributed by atoms with Crippen LogP contribution in [0.1, 0.15) is 19.8 Å². The van der Waals surface area contributed by atoms with Gasteiger partial charge in [-0.1, -0.05) is 11.6 Å². The number of nitro groups is 1. The van der Waals surface area contributed by atoms with Gasteiger partial charge < -0.3 is 0 Å². The molecule has 0 N–H and O–H groups in total. The first-order valence-corrected chi connectivity index (χ1v) is 9.81. The topological polar surface area (TPSA) is 80.5 Å². The van der Waals surface area contributed by atoms with Gasteiger partial charge in [-0.2, -0.15) is 0 Å². The summed E-state index contributed by atoms with van der Waals surface area (Å²) in [6.07, 6.45) is 0.168. The summed E-state index contributed by atoms with van der Waals surface area (Å²) in [7, 11) is -4.26. The molecular weight excluding hydrogens is 402 g/mol. The lowest BCUT2D eigenvalue weighted by Gasteiger charge is -2.30. The van der Waals surface area contributed by atoms with Crippen molar-refractivity contribution in [1.82, 2.24) is 0 Å². The zero-order chi connectivity index (χ0) is 20.2. The maximum Gasteiger partial charge on any atom is 0.264 e. The van der Waals surface area contributed by atoms with Crippen LogP contribution in [0.5, 0.6) is 0 Å². The summed E-state index contributed by atoms with van der Waals surface area (Å²) < 4.78 is 55.0. The Bertz CT molecular complexity index is 923. The summed E-state index contributed by atoms with van der Waals surface area (Å²) in [5.41, 5.74) is -0.460. The van der Waals surface area contributed by atoms with Gasteiger partial charge >= 0.3 is 0 Å². The zero-order valence-corrected chi connectivity index (χ0v) is 15.9. The third-order valence-corrected chi connectivity index (χ3v) is 6.07. The quantitative estimate of drug-likeness (QED) is 0.474. The summed E-state index contributed by atoms with van der Waals surface area (Å²) in [5, 5.41) is 10.8. The zero-order valence-electron chi connectivity index (χ0n) is 14.3. The van der Waals surface area contributed by atoms with Gasteiger partial charge in [-0.15, -0.1) is 0 Å². The maximum absolute atomic E-state index is 14.3. The fraction of sp³-hybridized carbons (Fsp3) is 0.294. The lowest BCUT2D eigenvalue weighted by molar-refractivity contribution is -0.480. The largest absolute Gasteiger partial charge is 0.265 e. The Hall–Kier alpha value is -2.26. The normalized spacial score (nSPS) is 12.6. The van der Waals surface area contributed by atoms with Gasteiger partial charge in [-0.25, -0.2) is 17.2 Å². The molecule has 1 atom stereocenters. The van der Waals surface area contributed by atoms with Gasteiger partial charge in [-0.3, -0.25) is 14.4 Å². The second-order valence-corrected chi connectivity index (χ2v) is 8.15. The van der Waals surface area contributed by atoms with Crippen molar-refractivity contribution in [2.75, 3.05) is 10.8 Å². The number of sulfonamides is 1. The van der Waals surface area contributed by atoms with E-state index in [4.69, 9.17) is 11.6 Å². The molecule has 0 aromatic heterocycles. The molecule has 2 rings (SSSR count). The molecule has 0 saturated heterocycles. The van der Waals surface area contributed by atoms with Crippen molar-refractivity contribution in [3.05, 3.63) is 69.2 Å². The monoisotopic (exact) mass is 418 g/mol. The van der Waals surface area contributed by atoms with Gasteiger partial charge in [0.1, 0.15) is 11.6 Å². The van der Waals surface area contributed by atoms with Crippen LogP contribution in [0.15, 0.2) is 47.4 Å². The molecule has 146 valence electrons. The summed E-state index contributed by atoms with van der Waals surface area (Å²) in [5.74, 6) is -1.73. The van der Waals surface area contributed by atoms with Crippen molar-refractivity contribution in [1.29, 1.82) is 0 Å². The molecule has 0 aliphatic carbocycles. The van der Waals surface area contributed by atoms with E-state index in [0.717, 1.165) is 22.5 Å². The second-order valence-electron chi connectivity index (χ2n) is 5.90. The van der Waals surface area contributed by atoms with E-state index in [9.17, 15) is 27.3 Å². The fourth-order valence-corrected chi connectivity index (χ4v) is 4.42. The summed E-state index contributed by atoms with van der Waals surface area (Å²) in [6, 6.07) is 6.89. The molecule has 0 aliphatic rings. The van der Waals surface area contributed by atoms with Crippen molar-refractivity contribution >= 4 is 27.3 Å². The molecule has 2 aromatic rings. The van der Waals surface area contributed by atoms with E-state index in [2.05, 4.69) is 0 Å². The Balaban J connectivity index is 2.50. The van der Waals surface area contributed by atoms with E-state index >= 15 is 0 Å². The first-order chi connectivity index (χ1) is 12.6. The summed E-state index contributed by atoms with van der Waals surface area (Å²) >= 11 is 5.78. The molecular formula is C17H17ClF2N2O4S. The minimum absolute atomic E-state index is 0.0811. The minimum atomic E-state index is -4.26. The van der Waals surface area contributed by atoms with Crippen molar-refractivity contribution in [3.63, 3.8) is 0 Å². The Labute approximate surface area is 160 Å². The average Bonchev–Trinajstić information content (AvgIpc) is 2.58. The first kappa shape index (κ1) is 21.0. The van der Waals surface area contributed by atoms with Gasteiger partial charge in [0.15, 0.2) is 0 Å². The molecule has 0 fully saturated rings. The van der Waals surface area contributed by atoms with Gasteiger partial charge in [0, 0.05) is 28.5 Å². The van der Waals surface area contributed by atoms with E-state index in [-0.39, 0.29) is 24.3 Å². The van der Waals surface area contributed by atoms with Crippen LogP contribution in [0.2, 0.25) is 5.02 Å². The van der Waals surface area contributed by atoms with Crippen molar-refractivity contribution in [2.24, 2.45) is 0 Å². The van der Waals surface area contributed by atoms with Crippen molar-refractivity contribution in [2.45, 2.75) is 30.7 Å². The van der Waals surface area contributed by atoms with Crippen LogP contribution >= 0.6 is 11.6 Å². The van der Waals surface area contributed by atoms with E-state index < -0.39 is 38.3 Å². The highest BCUT2D eigenvalue weighted by atomic mass is 35.5. The molecule has 0 aliphatic heterocycles. The Morgan fingerprint density at radius 3 is 2.41 bits per heavy atom. The molecule has 0 saturated carbocycles. The van der Waals surface area contributed by atoms with Crippen LogP contribution in [0.4, 0.5) is 14.5 Å². The Morgan fingerprint density at radius 2 is 1.81 bits per heavy atom. The predicted molar refractivity (Wildman–Crippen MR) is 98.0 cm³/mol. The van der Waals surface area contributed by atoms with Crippen LogP contribution in [-0.2, 0) is 10.0 Å². The molecule has 27 heavy (non-hydrogen) atoms. The molecule has 0 unspecified atom stereocenters. The van der Waals surface area contributed by atoms with Crippen LogP contribution < -0.4 is 4.31 Å². The van der Waals surface area contributed by atoms with Crippen molar-refractivity contribution in [3.8, 4) is 0 Å². The summed E-state index contributed by atoms with van der Waals surface area (Å²) in [4.78, 5) is 9.85. The average molecular weight is 419 g/mol. The van der Waals surface area contributed by atoms with Crippen LogP contribution in [0.25, 0.3) is 0 Å². The van der Waals surface area contributed by atoms with E-state index in [1.165, 1.54) is 31.2 Å². The van der Waals surface area contributed by atoms with Gasteiger partial charge in [0.25, 0.3) is 10.0 Å². The third kappa shape index (κ3) is 5.14. The molecule has 6 nitrogen and oxygen atoms in total. The Morgan fingerprint density at radius 1 is 1.19 bits per heavy atom. The van der Waals surface area contributed by atoms with Crippen molar-refractivity contribution < 1.29 is 22.1 Å². The molecule has 2 aromatic carbocycles. The van der Waals surface area contributed by atoms with Gasteiger partial charge in [0.2, 0.25) is 6.54 Å². The molecule has 0 spiro atoms. The standard InChI is InChI=1S/C17H17ClF2N2O4S/c1-12(3-2-10-21(23)24)22(17-11-14(19)6-9-16(17)20)27(25,26)15-7-4-13(18)5-8-15/h4-9,11-12H,2-3,10H2,1H3/t12-/m1/s1. The molecule has 0 amide bonds. The van der Waals surface area contributed by atoms with Crippen LogP contribution in [-0.4, -0.2) is 25.9 Å². The highest BCUT2D eigenvalue weighted by Gasteiger charge is 2.31. The molecule has 0 radical (unpaired) electrons. The lowest BCUT2D eigenvalue weighted by atomic mass is 10.1. The number of halogens is 3. The number of nitrogens with zero attached hydrogens (tertiary/aromatic N) is 2. The SMILES string of the molecule is C[C@H](CCC[N+](=O)[O-])N(c1cc(F)ccc1F)S(=O)(=O)c1ccc(Cl)cc1. The minimum Gasteiger partial charge on any atom is -0.265 e. The maximum atomic E-state index is 14.3. The number of benzene rings is 2. The number of rotatable bonds is 8. The molecule has 0 bridgehead atoms.